The standard InChI is InChI=1S/C24H23N5O5/c30-18(21(31)20-19-22(29-28-20)26-12-27-23(19)32)9-10-25-24(33)34-11-17-15-7-3-1-5-13(15)14-6-2-4-8-16(14)17/h1-8,12,17-18,21,30-31H,9-11H2,(H,25,33)(H2,26,27,28,29,32). The van der Waals surface area contributed by atoms with E-state index in [1.807, 2.05) is 36.4 Å². The zero-order chi connectivity index (χ0) is 23.7. The van der Waals surface area contributed by atoms with Crippen LogP contribution in [0.5, 0.6) is 0 Å². The lowest BCUT2D eigenvalue weighted by molar-refractivity contribution is 0.0119. The van der Waals surface area contributed by atoms with Gasteiger partial charge in [0.15, 0.2) is 5.65 Å². The first-order chi connectivity index (χ1) is 16.5. The fourth-order valence-corrected chi connectivity index (χ4v) is 4.42. The number of amides is 1. The first-order valence-electron chi connectivity index (χ1n) is 10.9. The SMILES string of the molecule is O=C(NCCC(O)C(O)c1[nH]nc2nc[nH]c(=O)c12)OCC1c2ccccc2-c2ccccc21. The van der Waals surface area contributed by atoms with Gasteiger partial charge in [-0.2, -0.15) is 5.10 Å². The summed E-state index contributed by atoms with van der Waals surface area (Å²) in [5.41, 5.74) is 4.25. The molecule has 10 heteroatoms. The van der Waals surface area contributed by atoms with Crippen molar-refractivity contribution in [3.8, 4) is 11.1 Å². The second-order valence-electron chi connectivity index (χ2n) is 8.12. The number of H-pyrrole nitrogens is 2. The number of nitrogens with one attached hydrogen (secondary N) is 3. The van der Waals surface area contributed by atoms with Crippen molar-refractivity contribution in [3.05, 3.63) is 82.0 Å². The lowest BCUT2D eigenvalue weighted by Crippen LogP contribution is -2.31. The Labute approximate surface area is 193 Å². The van der Waals surface area contributed by atoms with E-state index in [0.29, 0.717) is 0 Å². The molecule has 0 saturated heterocycles. The molecule has 1 aliphatic rings. The van der Waals surface area contributed by atoms with E-state index in [1.54, 1.807) is 0 Å². The Balaban J connectivity index is 1.16. The van der Waals surface area contributed by atoms with Gasteiger partial charge in [-0.3, -0.25) is 9.89 Å². The van der Waals surface area contributed by atoms with Crippen molar-refractivity contribution in [1.82, 2.24) is 25.5 Å². The molecule has 1 amide bonds. The molecule has 2 atom stereocenters. The third kappa shape index (κ3) is 3.93. The first kappa shape index (κ1) is 21.8. The van der Waals surface area contributed by atoms with Crippen LogP contribution in [0.2, 0.25) is 0 Å². The molecule has 0 aliphatic heterocycles. The topological polar surface area (TPSA) is 153 Å². The Kier molecular flexibility index (Phi) is 5.83. The Morgan fingerprint density at radius 2 is 1.76 bits per heavy atom. The molecule has 1 aliphatic carbocycles. The number of rotatable bonds is 7. The van der Waals surface area contributed by atoms with Crippen molar-refractivity contribution in [2.75, 3.05) is 13.2 Å². The molecule has 34 heavy (non-hydrogen) atoms. The van der Waals surface area contributed by atoms with Gasteiger partial charge in [-0.05, 0) is 28.7 Å². The minimum absolute atomic E-state index is 0.0318. The van der Waals surface area contributed by atoms with Crippen LogP contribution in [-0.2, 0) is 4.74 Å². The van der Waals surface area contributed by atoms with Gasteiger partial charge >= 0.3 is 6.09 Å². The maximum Gasteiger partial charge on any atom is 0.407 e. The van der Waals surface area contributed by atoms with Crippen molar-refractivity contribution in [1.29, 1.82) is 0 Å². The smallest absolute Gasteiger partial charge is 0.407 e. The summed E-state index contributed by atoms with van der Waals surface area (Å²) in [6, 6.07) is 16.1. The average molecular weight is 461 g/mol. The number of aromatic nitrogens is 4. The third-order valence-corrected chi connectivity index (χ3v) is 6.10. The van der Waals surface area contributed by atoms with E-state index >= 15 is 0 Å². The van der Waals surface area contributed by atoms with Crippen LogP contribution in [-0.4, -0.2) is 55.7 Å². The van der Waals surface area contributed by atoms with Crippen LogP contribution in [0, 0.1) is 0 Å². The number of aliphatic hydroxyl groups is 2. The normalized spacial score (nSPS) is 14.4. The number of carbonyl (C=O) groups excluding carboxylic acids is 1. The maximum absolute atomic E-state index is 12.3. The quantitative estimate of drug-likeness (QED) is 0.282. The summed E-state index contributed by atoms with van der Waals surface area (Å²) >= 11 is 0. The van der Waals surface area contributed by atoms with Crippen LogP contribution >= 0.6 is 0 Å². The van der Waals surface area contributed by atoms with Crippen molar-refractivity contribution in [3.63, 3.8) is 0 Å². The van der Waals surface area contributed by atoms with Crippen molar-refractivity contribution >= 4 is 17.1 Å². The van der Waals surface area contributed by atoms with Gasteiger partial charge in [0.25, 0.3) is 5.56 Å². The summed E-state index contributed by atoms with van der Waals surface area (Å²) in [6.07, 6.45) is -2.03. The highest BCUT2D eigenvalue weighted by atomic mass is 16.5. The van der Waals surface area contributed by atoms with Gasteiger partial charge in [0, 0.05) is 12.5 Å². The number of aromatic amines is 2. The zero-order valence-electron chi connectivity index (χ0n) is 18.1. The highest BCUT2D eigenvalue weighted by Crippen LogP contribution is 2.44. The van der Waals surface area contributed by atoms with E-state index < -0.39 is 23.9 Å². The molecular weight excluding hydrogens is 438 g/mol. The van der Waals surface area contributed by atoms with Gasteiger partial charge in [0.05, 0.1) is 18.1 Å². The summed E-state index contributed by atoms with van der Waals surface area (Å²) < 4.78 is 5.46. The summed E-state index contributed by atoms with van der Waals surface area (Å²) in [5, 5.41) is 29.9. The summed E-state index contributed by atoms with van der Waals surface area (Å²) in [5.74, 6) is -0.0501. The van der Waals surface area contributed by atoms with Gasteiger partial charge in [-0.1, -0.05) is 48.5 Å². The number of benzene rings is 2. The molecule has 0 spiro atoms. The molecular formula is C24H23N5O5. The predicted molar refractivity (Wildman–Crippen MR) is 123 cm³/mol. The summed E-state index contributed by atoms with van der Waals surface area (Å²) in [6.45, 7) is 0.247. The van der Waals surface area contributed by atoms with Crippen molar-refractivity contribution in [2.24, 2.45) is 0 Å². The molecule has 2 aromatic carbocycles. The first-order valence-corrected chi connectivity index (χ1v) is 10.9. The maximum atomic E-state index is 12.3. The van der Waals surface area contributed by atoms with E-state index in [4.69, 9.17) is 4.74 Å². The van der Waals surface area contributed by atoms with Gasteiger partial charge in [-0.15, -0.1) is 0 Å². The van der Waals surface area contributed by atoms with Gasteiger partial charge in [0.1, 0.15) is 18.1 Å². The Hall–Kier alpha value is -4.02. The molecule has 10 nitrogen and oxygen atoms in total. The molecule has 2 unspecified atom stereocenters. The monoisotopic (exact) mass is 461 g/mol. The molecule has 5 N–H and O–H groups in total. The summed E-state index contributed by atoms with van der Waals surface area (Å²) in [4.78, 5) is 30.6. The number of alkyl carbamates (subject to hydrolysis) is 1. The largest absolute Gasteiger partial charge is 0.449 e. The Morgan fingerprint density at radius 1 is 1.09 bits per heavy atom. The van der Waals surface area contributed by atoms with E-state index in [9.17, 15) is 19.8 Å². The highest BCUT2D eigenvalue weighted by molar-refractivity contribution is 5.79. The van der Waals surface area contributed by atoms with Crippen LogP contribution in [0.3, 0.4) is 0 Å². The van der Waals surface area contributed by atoms with Crippen LogP contribution in [0.15, 0.2) is 59.7 Å². The number of hydrogen-bond donors (Lipinski definition) is 5. The van der Waals surface area contributed by atoms with Gasteiger partial charge < -0.3 is 25.3 Å². The van der Waals surface area contributed by atoms with Crippen LogP contribution in [0.1, 0.15) is 35.3 Å². The van der Waals surface area contributed by atoms with Crippen molar-refractivity contribution in [2.45, 2.75) is 24.5 Å². The molecule has 174 valence electrons. The van der Waals surface area contributed by atoms with E-state index in [2.05, 4.69) is 37.6 Å². The number of carbonyl (C=O) groups is 1. The molecule has 0 saturated carbocycles. The van der Waals surface area contributed by atoms with Crippen LogP contribution < -0.4 is 10.9 Å². The predicted octanol–water partition coefficient (Wildman–Crippen LogP) is 1.97. The number of nitrogens with zero attached hydrogens (tertiary/aromatic N) is 2. The fourth-order valence-electron chi connectivity index (χ4n) is 4.42. The Morgan fingerprint density at radius 3 is 2.47 bits per heavy atom. The van der Waals surface area contributed by atoms with E-state index in [-0.39, 0.29) is 42.2 Å². The Bertz CT molecular complexity index is 1350. The zero-order valence-corrected chi connectivity index (χ0v) is 18.1. The molecule has 0 radical (unpaired) electrons. The number of hydrogen-bond acceptors (Lipinski definition) is 7. The molecule has 2 heterocycles. The molecule has 0 bridgehead atoms. The number of ether oxygens (including phenoxy) is 1. The average Bonchev–Trinajstić information content (AvgIpc) is 3.43. The molecule has 0 fully saturated rings. The number of aliphatic hydroxyl groups excluding tert-OH is 2. The number of fused-ring (bicyclic) bond motifs is 4. The summed E-state index contributed by atoms with van der Waals surface area (Å²) in [7, 11) is 0. The van der Waals surface area contributed by atoms with Crippen LogP contribution in [0.4, 0.5) is 4.79 Å². The minimum Gasteiger partial charge on any atom is -0.449 e. The van der Waals surface area contributed by atoms with Crippen LogP contribution in [0.25, 0.3) is 22.2 Å². The van der Waals surface area contributed by atoms with E-state index in [0.717, 1.165) is 22.3 Å². The fraction of sp³-hybridized carbons (Fsp3) is 0.250. The molecule has 5 rings (SSSR count). The second kappa shape index (κ2) is 9.08. The third-order valence-electron chi connectivity index (χ3n) is 6.10. The lowest BCUT2D eigenvalue weighted by Gasteiger charge is -2.17. The van der Waals surface area contributed by atoms with Gasteiger partial charge in [-0.25, -0.2) is 9.78 Å². The minimum atomic E-state index is -1.40. The second-order valence-corrected chi connectivity index (χ2v) is 8.12. The van der Waals surface area contributed by atoms with Gasteiger partial charge in [0.2, 0.25) is 0 Å². The molecule has 4 aromatic rings. The van der Waals surface area contributed by atoms with Crippen molar-refractivity contribution < 1.29 is 19.7 Å². The van der Waals surface area contributed by atoms with E-state index in [1.165, 1.54) is 6.33 Å². The lowest BCUT2D eigenvalue weighted by atomic mass is 9.98. The highest BCUT2D eigenvalue weighted by Gasteiger charge is 2.29. The molecule has 2 aromatic heterocycles.